The molecule has 3 heteroatoms. The summed E-state index contributed by atoms with van der Waals surface area (Å²) in [6.45, 7) is 1.75. The number of nitriles is 1. The van der Waals surface area contributed by atoms with Crippen molar-refractivity contribution in [1.29, 1.82) is 5.26 Å². The number of benzene rings is 2. The minimum Gasteiger partial charge on any atom is -0.382 e. The highest BCUT2D eigenvalue weighted by Crippen LogP contribution is 2.44. The molecule has 2 aromatic rings. The molecule has 0 spiro atoms. The van der Waals surface area contributed by atoms with Gasteiger partial charge in [-0.3, -0.25) is 0 Å². The SMILES string of the molecule is Cc1ccc(NC2CC(C#N)(c3ccccc3)C2)cc1F. The lowest BCUT2D eigenvalue weighted by Gasteiger charge is -2.43. The summed E-state index contributed by atoms with van der Waals surface area (Å²) in [7, 11) is 0. The van der Waals surface area contributed by atoms with Crippen LogP contribution in [0.4, 0.5) is 10.1 Å². The van der Waals surface area contributed by atoms with E-state index in [0.29, 0.717) is 5.56 Å². The van der Waals surface area contributed by atoms with Crippen molar-refractivity contribution in [3.05, 3.63) is 65.5 Å². The highest BCUT2D eigenvalue weighted by molar-refractivity contribution is 5.48. The quantitative estimate of drug-likeness (QED) is 0.916. The first-order valence-corrected chi connectivity index (χ1v) is 7.12. The van der Waals surface area contributed by atoms with Gasteiger partial charge in [-0.25, -0.2) is 4.39 Å². The van der Waals surface area contributed by atoms with Crippen LogP contribution in [0.15, 0.2) is 48.5 Å². The number of hydrogen-bond acceptors (Lipinski definition) is 2. The summed E-state index contributed by atoms with van der Waals surface area (Å²) in [6.07, 6.45) is 1.51. The summed E-state index contributed by atoms with van der Waals surface area (Å²) in [6, 6.07) is 17.7. The first-order valence-electron chi connectivity index (χ1n) is 7.12. The first-order chi connectivity index (χ1) is 10.1. The molecule has 0 saturated heterocycles. The summed E-state index contributed by atoms with van der Waals surface area (Å²) in [5, 5.41) is 12.8. The molecule has 1 aliphatic rings. The lowest BCUT2D eigenvalue weighted by Crippen LogP contribution is -2.47. The predicted molar refractivity (Wildman–Crippen MR) is 81.5 cm³/mol. The van der Waals surface area contributed by atoms with E-state index in [1.54, 1.807) is 13.0 Å². The van der Waals surface area contributed by atoms with Gasteiger partial charge < -0.3 is 5.32 Å². The third-order valence-corrected chi connectivity index (χ3v) is 4.27. The molecule has 1 fully saturated rings. The van der Waals surface area contributed by atoms with Gasteiger partial charge in [0, 0.05) is 11.7 Å². The van der Waals surface area contributed by atoms with Gasteiger partial charge in [0.1, 0.15) is 5.82 Å². The fourth-order valence-corrected chi connectivity index (χ4v) is 2.95. The van der Waals surface area contributed by atoms with Gasteiger partial charge in [0.05, 0.1) is 11.5 Å². The molecule has 0 amide bonds. The largest absolute Gasteiger partial charge is 0.382 e. The van der Waals surface area contributed by atoms with Crippen LogP contribution in [-0.2, 0) is 5.41 Å². The van der Waals surface area contributed by atoms with E-state index in [9.17, 15) is 9.65 Å². The highest BCUT2D eigenvalue weighted by atomic mass is 19.1. The Balaban J connectivity index is 1.70. The zero-order chi connectivity index (χ0) is 14.9. The smallest absolute Gasteiger partial charge is 0.128 e. The summed E-state index contributed by atoms with van der Waals surface area (Å²) >= 11 is 0. The molecule has 2 nitrogen and oxygen atoms in total. The Hall–Kier alpha value is -2.34. The van der Waals surface area contributed by atoms with Crippen molar-refractivity contribution in [2.75, 3.05) is 5.32 Å². The molecular formula is C18H17FN2. The van der Waals surface area contributed by atoms with Crippen molar-refractivity contribution in [3.63, 3.8) is 0 Å². The molecule has 21 heavy (non-hydrogen) atoms. The average molecular weight is 280 g/mol. The molecule has 0 aliphatic heterocycles. The maximum Gasteiger partial charge on any atom is 0.128 e. The van der Waals surface area contributed by atoms with Gasteiger partial charge in [0.15, 0.2) is 0 Å². The zero-order valence-electron chi connectivity index (χ0n) is 11.9. The molecule has 3 rings (SSSR count). The Morgan fingerprint density at radius 1 is 1.19 bits per heavy atom. The van der Waals surface area contributed by atoms with Crippen molar-refractivity contribution < 1.29 is 4.39 Å². The van der Waals surface area contributed by atoms with E-state index in [2.05, 4.69) is 11.4 Å². The van der Waals surface area contributed by atoms with Crippen molar-refractivity contribution in [1.82, 2.24) is 0 Å². The summed E-state index contributed by atoms with van der Waals surface area (Å²) < 4.78 is 13.5. The van der Waals surface area contributed by atoms with Crippen LogP contribution in [0.1, 0.15) is 24.0 Å². The van der Waals surface area contributed by atoms with Gasteiger partial charge >= 0.3 is 0 Å². The number of halogens is 1. The Morgan fingerprint density at radius 2 is 1.90 bits per heavy atom. The van der Waals surface area contributed by atoms with Gasteiger partial charge in [0.25, 0.3) is 0 Å². The van der Waals surface area contributed by atoms with E-state index < -0.39 is 5.41 Å². The van der Waals surface area contributed by atoms with Crippen LogP contribution in [0.3, 0.4) is 0 Å². The number of aryl methyl sites for hydroxylation is 1. The first kappa shape index (κ1) is 13.6. The number of rotatable bonds is 3. The topological polar surface area (TPSA) is 35.8 Å². The van der Waals surface area contributed by atoms with Crippen molar-refractivity contribution in [2.45, 2.75) is 31.2 Å². The van der Waals surface area contributed by atoms with Crippen LogP contribution >= 0.6 is 0 Å². The van der Waals surface area contributed by atoms with E-state index >= 15 is 0 Å². The zero-order valence-corrected chi connectivity index (χ0v) is 11.9. The molecule has 2 aromatic carbocycles. The number of nitrogens with zero attached hydrogens (tertiary/aromatic N) is 1. The molecule has 1 saturated carbocycles. The third kappa shape index (κ3) is 2.50. The third-order valence-electron chi connectivity index (χ3n) is 4.27. The Morgan fingerprint density at radius 3 is 2.52 bits per heavy atom. The molecule has 1 aliphatic carbocycles. The fourth-order valence-electron chi connectivity index (χ4n) is 2.95. The number of nitrogens with one attached hydrogen (secondary N) is 1. The minimum atomic E-state index is -0.401. The highest BCUT2D eigenvalue weighted by Gasteiger charge is 2.46. The summed E-state index contributed by atoms with van der Waals surface area (Å²) in [4.78, 5) is 0. The van der Waals surface area contributed by atoms with Crippen LogP contribution in [-0.4, -0.2) is 6.04 Å². The van der Waals surface area contributed by atoms with Crippen molar-refractivity contribution in [3.8, 4) is 6.07 Å². The standard InChI is InChI=1S/C18H17FN2/c1-13-7-8-15(9-17(13)19)21-16-10-18(11-16,12-20)14-5-3-2-4-6-14/h2-9,16,21H,10-11H2,1H3. The van der Waals surface area contributed by atoms with E-state index in [1.165, 1.54) is 6.07 Å². The molecule has 0 bridgehead atoms. The fraction of sp³-hybridized carbons (Fsp3) is 0.278. The van der Waals surface area contributed by atoms with Gasteiger partial charge in [0.2, 0.25) is 0 Å². The maximum absolute atomic E-state index is 13.5. The second-order valence-electron chi connectivity index (χ2n) is 5.77. The van der Waals surface area contributed by atoms with Crippen LogP contribution in [0, 0.1) is 24.1 Å². The molecule has 0 unspecified atom stereocenters. The van der Waals surface area contributed by atoms with E-state index in [4.69, 9.17) is 0 Å². The molecule has 0 atom stereocenters. The van der Waals surface area contributed by atoms with Crippen molar-refractivity contribution in [2.24, 2.45) is 0 Å². The van der Waals surface area contributed by atoms with Crippen LogP contribution in [0.2, 0.25) is 0 Å². The normalized spacial score (nSPS) is 24.0. The van der Waals surface area contributed by atoms with Gasteiger partial charge in [-0.2, -0.15) is 5.26 Å². The van der Waals surface area contributed by atoms with E-state index in [0.717, 1.165) is 24.1 Å². The maximum atomic E-state index is 13.5. The monoisotopic (exact) mass is 280 g/mol. The summed E-state index contributed by atoms with van der Waals surface area (Å²) in [5.74, 6) is -0.200. The van der Waals surface area contributed by atoms with Crippen LogP contribution < -0.4 is 5.32 Å². The average Bonchev–Trinajstić information content (AvgIpc) is 2.47. The molecule has 106 valence electrons. The Kier molecular flexibility index (Phi) is 3.39. The predicted octanol–water partition coefficient (Wildman–Crippen LogP) is 4.17. The van der Waals surface area contributed by atoms with Gasteiger partial charge in [-0.05, 0) is 43.0 Å². The van der Waals surface area contributed by atoms with E-state index in [1.807, 2.05) is 36.4 Å². The van der Waals surface area contributed by atoms with E-state index in [-0.39, 0.29) is 11.9 Å². The number of hydrogen-bond donors (Lipinski definition) is 1. The lowest BCUT2D eigenvalue weighted by molar-refractivity contribution is 0.289. The Bertz CT molecular complexity index is 682. The van der Waals surface area contributed by atoms with Gasteiger partial charge in [-0.15, -0.1) is 0 Å². The molecule has 0 aromatic heterocycles. The van der Waals surface area contributed by atoms with Crippen LogP contribution in [0.5, 0.6) is 0 Å². The lowest BCUT2D eigenvalue weighted by atomic mass is 9.62. The molecule has 0 radical (unpaired) electrons. The second-order valence-corrected chi connectivity index (χ2v) is 5.77. The molecule has 0 heterocycles. The Labute approximate surface area is 124 Å². The van der Waals surface area contributed by atoms with Crippen LogP contribution in [0.25, 0.3) is 0 Å². The summed E-state index contributed by atoms with van der Waals surface area (Å²) in [5.41, 5.74) is 2.09. The minimum absolute atomic E-state index is 0.200. The second kappa shape index (κ2) is 5.21. The van der Waals surface area contributed by atoms with Crippen molar-refractivity contribution >= 4 is 5.69 Å². The molecular weight excluding hydrogens is 263 g/mol. The van der Waals surface area contributed by atoms with Gasteiger partial charge in [-0.1, -0.05) is 36.4 Å². The number of anilines is 1. The molecule has 1 N–H and O–H groups in total.